The first-order valence-electron chi connectivity index (χ1n) is 5.44. The number of aryl methyl sites for hydroxylation is 2. The Morgan fingerprint density at radius 2 is 2.07 bits per heavy atom. The van der Waals surface area contributed by atoms with E-state index in [2.05, 4.69) is 44.1 Å². The summed E-state index contributed by atoms with van der Waals surface area (Å²) in [5.74, 6) is 0. The maximum atomic E-state index is 2.36. The molecule has 0 bridgehead atoms. The van der Waals surface area contributed by atoms with Crippen molar-refractivity contribution in [1.82, 2.24) is 4.90 Å². The van der Waals surface area contributed by atoms with Crippen LogP contribution in [-0.2, 0) is 6.42 Å². The molecule has 1 aromatic rings. The molecule has 1 aliphatic carbocycles. The molecule has 0 saturated heterocycles. The van der Waals surface area contributed by atoms with Crippen LogP contribution in [0.1, 0.15) is 35.6 Å². The first-order valence-corrected chi connectivity index (χ1v) is 5.44. The zero-order valence-corrected chi connectivity index (χ0v) is 9.38. The molecule has 1 heteroatoms. The highest BCUT2D eigenvalue weighted by Gasteiger charge is 2.21. The Hall–Kier alpha value is -0.820. The molecule has 2 rings (SSSR count). The minimum atomic E-state index is 0.638. The van der Waals surface area contributed by atoms with E-state index in [4.69, 9.17) is 0 Å². The molecular weight excluding hydrogens is 170 g/mol. The highest BCUT2D eigenvalue weighted by molar-refractivity contribution is 5.35. The molecule has 0 fully saturated rings. The van der Waals surface area contributed by atoms with Crippen molar-refractivity contribution in [3.05, 3.63) is 34.9 Å². The summed E-state index contributed by atoms with van der Waals surface area (Å²) in [5, 5.41) is 0. The van der Waals surface area contributed by atoms with E-state index < -0.39 is 0 Å². The Balaban J connectivity index is 2.41. The van der Waals surface area contributed by atoms with Crippen molar-refractivity contribution in [2.45, 2.75) is 32.2 Å². The lowest BCUT2D eigenvalue weighted by molar-refractivity contribution is 0.268. The number of rotatable bonds is 1. The van der Waals surface area contributed by atoms with Crippen molar-refractivity contribution in [3.63, 3.8) is 0 Å². The van der Waals surface area contributed by atoms with Gasteiger partial charge in [0.2, 0.25) is 0 Å². The van der Waals surface area contributed by atoms with Crippen molar-refractivity contribution in [2.75, 3.05) is 14.1 Å². The fourth-order valence-electron chi connectivity index (χ4n) is 2.43. The fraction of sp³-hybridized carbons (Fsp3) is 0.538. The molecular formula is C13H19N. The van der Waals surface area contributed by atoms with Crippen LogP contribution in [0.3, 0.4) is 0 Å². The average Bonchev–Trinajstić information content (AvgIpc) is 2.16. The summed E-state index contributed by atoms with van der Waals surface area (Å²) in [7, 11) is 4.37. The average molecular weight is 189 g/mol. The molecule has 1 aliphatic rings. The van der Waals surface area contributed by atoms with Crippen molar-refractivity contribution < 1.29 is 0 Å². The lowest BCUT2D eigenvalue weighted by atomic mass is 9.86. The quantitative estimate of drug-likeness (QED) is 0.656. The van der Waals surface area contributed by atoms with Gasteiger partial charge in [0.1, 0.15) is 0 Å². The summed E-state index contributed by atoms with van der Waals surface area (Å²) in [4.78, 5) is 2.34. The molecule has 76 valence electrons. The molecule has 0 saturated carbocycles. The standard InChI is InChI=1S/C13H19N/c1-10-7-8-11-5-4-6-13(14(2)3)12(11)9-10/h7-9,13H,4-6H2,1-3H3. The molecule has 14 heavy (non-hydrogen) atoms. The van der Waals surface area contributed by atoms with Crippen LogP contribution < -0.4 is 0 Å². The van der Waals surface area contributed by atoms with Crippen molar-refractivity contribution in [1.29, 1.82) is 0 Å². The number of benzene rings is 1. The lowest BCUT2D eigenvalue weighted by Gasteiger charge is -2.31. The van der Waals surface area contributed by atoms with Gasteiger partial charge in [0.15, 0.2) is 0 Å². The Morgan fingerprint density at radius 3 is 2.79 bits per heavy atom. The van der Waals surface area contributed by atoms with Gasteiger partial charge in [0.25, 0.3) is 0 Å². The van der Waals surface area contributed by atoms with Gasteiger partial charge in [-0.25, -0.2) is 0 Å². The lowest BCUT2D eigenvalue weighted by Crippen LogP contribution is -2.24. The first-order chi connectivity index (χ1) is 6.68. The molecule has 0 aromatic heterocycles. The van der Waals surface area contributed by atoms with Gasteiger partial charge in [-0.15, -0.1) is 0 Å². The van der Waals surface area contributed by atoms with Crippen LogP contribution in [0.5, 0.6) is 0 Å². The summed E-state index contributed by atoms with van der Waals surface area (Å²) in [6.45, 7) is 2.18. The fourth-order valence-corrected chi connectivity index (χ4v) is 2.43. The van der Waals surface area contributed by atoms with Gasteiger partial charge in [-0.05, 0) is 51.4 Å². The Morgan fingerprint density at radius 1 is 1.29 bits per heavy atom. The smallest absolute Gasteiger partial charge is 0.0344 e. The van der Waals surface area contributed by atoms with Gasteiger partial charge in [0.05, 0.1) is 0 Å². The molecule has 0 radical (unpaired) electrons. The molecule has 1 nitrogen and oxygen atoms in total. The summed E-state index contributed by atoms with van der Waals surface area (Å²) < 4.78 is 0. The Bertz CT molecular complexity index is 328. The second-order valence-corrected chi connectivity index (χ2v) is 4.57. The Labute approximate surface area is 86.7 Å². The third-order valence-corrected chi connectivity index (χ3v) is 3.21. The molecule has 0 spiro atoms. The van der Waals surface area contributed by atoms with E-state index in [0.29, 0.717) is 6.04 Å². The SMILES string of the molecule is Cc1ccc2c(c1)C(N(C)C)CCC2. The maximum absolute atomic E-state index is 2.36. The highest BCUT2D eigenvalue weighted by atomic mass is 15.1. The van der Waals surface area contributed by atoms with Crippen LogP contribution in [0, 0.1) is 6.92 Å². The van der Waals surface area contributed by atoms with Crippen LogP contribution in [-0.4, -0.2) is 19.0 Å². The van der Waals surface area contributed by atoms with Gasteiger partial charge in [-0.3, -0.25) is 0 Å². The second-order valence-electron chi connectivity index (χ2n) is 4.57. The predicted molar refractivity (Wildman–Crippen MR) is 60.5 cm³/mol. The molecule has 1 atom stereocenters. The molecule has 0 heterocycles. The van der Waals surface area contributed by atoms with Crippen molar-refractivity contribution in [2.24, 2.45) is 0 Å². The predicted octanol–water partition coefficient (Wildman–Crippen LogP) is 2.93. The maximum Gasteiger partial charge on any atom is 0.0344 e. The third kappa shape index (κ3) is 1.69. The van der Waals surface area contributed by atoms with Crippen LogP contribution >= 0.6 is 0 Å². The summed E-state index contributed by atoms with van der Waals surface area (Å²) in [6.07, 6.45) is 3.91. The summed E-state index contributed by atoms with van der Waals surface area (Å²) in [5.41, 5.74) is 4.50. The van der Waals surface area contributed by atoms with Crippen LogP contribution in [0.15, 0.2) is 18.2 Å². The summed E-state index contributed by atoms with van der Waals surface area (Å²) >= 11 is 0. The van der Waals surface area contributed by atoms with E-state index in [1.807, 2.05) is 0 Å². The van der Waals surface area contributed by atoms with Gasteiger partial charge in [-0.1, -0.05) is 23.8 Å². The molecule has 1 unspecified atom stereocenters. The third-order valence-electron chi connectivity index (χ3n) is 3.21. The van der Waals surface area contributed by atoms with E-state index in [9.17, 15) is 0 Å². The topological polar surface area (TPSA) is 3.24 Å². The number of hydrogen-bond donors (Lipinski definition) is 0. The number of nitrogens with zero attached hydrogens (tertiary/aromatic N) is 1. The van der Waals surface area contributed by atoms with E-state index in [1.54, 1.807) is 11.1 Å². The minimum Gasteiger partial charge on any atom is -0.302 e. The molecule has 0 aliphatic heterocycles. The molecule has 0 N–H and O–H groups in total. The minimum absolute atomic E-state index is 0.638. The zero-order chi connectivity index (χ0) is 10.1. The first kappa shape index (κ1) is 9.72. The van der Waals surface area contributed by atoms with E-state index in [-0.39, 0.29) is 0 Å². The number of fused-ring (bicyclic) bond motifs is 1. The highest BCUT2D eigenvalue weighted by Crippen LogP contribution is 2.33. The van der Waals surface area contributed by atoms with Crippen LogP contribution in [0.2, 0.25) is 0 Å². The van der Waals surface area contributed by atoms with Crippen LogP contribution in [0.25, 0.3) is 0 Å². The van der Waals surface area contributed by atoms with Crippen molar-refractivity contribution in [3.8, 4) is 0 Å². The van der Waals surface area contributed by atoms with Crippen molar-refractivity contribution >= 4 is 0 Å². The monoisotopic (exact) mass is 189 g/mol. The van der Waals surface area contributed by atoms with Gasteiger partial charge >= 0.3 is 0 Å². The number of hydrogen-bond acceptors (Lipinski definition) is 1. The van der Waals surface area contributed by atoms with E-state index >= 15 is 0 Å². The van der Waals surface area contributed by atoms with E-state index in [0.717, 1.165) is 0 Å². The zero-order valence-electron chi connectivity index (χ0n) is 9.38. The normalized spacial score (nSPS) is 21.0. The Kier molecular flexibility index (Phi) is 2.60. The van der Waals surface area contributed by atoms with Gasteiger partial charge in [0, 0.05) is 6.04 Å². The summed E-state index contributed by atoms with van der Waals surface area (Å²) in [6, 6.07) is 7.54. The van der Waals surface area contributed by atoms with Gasteiger partial charge in [-0.2, -0.15) is 0 Å². The van der Waals surface area contributed by atoms with Crippen LogP contribution in [0.4, 0.5) is 0 Å². The van der Waals surface area contributed by atoms with Gasteiger partial charge < -0.3 is 4.90 Å². The molecule has 1 aromatic carbocycles. The van der Waals surface area contributed by atoms with E-state index in [1.165, 1.54) is 24.8 Å². The largest absolute Gasteiger partial charge is 0.302 e. The second kappa shape index (κ2) is 3.74. The molecule has 0 amide bonds.